The summed E-state index contributed by atoms with van der Waals surface area (Å²) in [6.07, 6.45) is 5.42. The van der Waals surface area contributed by atoms with Crippen molar-refractivity contribution in [2.24, 2.45) is 33.4 Å². The second kappa shape index (κ2) is 33.0. The van der Waals surface area contributed by atoms with E-state index >= 15 is 0 Å². The summed E-state index contributed by atoms with van der Waals surface area (Å²) in [5, 5.41) is 13.8. The molecule has 8 amide bonds. The van der Waals surface area contributed by atoms with Crippen molar-refractivity contribution >= 4 is 137 Å². The van der Waals surface area contributed by atoms with Gasteiger partial charge in [-0.15, -0.1) is 60.6 Å². The number of sulfonamides is 2. The average molecular weight is 1600 g/mol. The predicted molar refractivity (Wildman–Crippen MR) is 418 cm³/mol. The zero-order chi connectivity index (χ0) is 77.4. The molecule has 0 radical (unpaired) electrons. The third-order valence-corrected chi connectivity index (χ3v) is 24.2. The molecule has 4 aromatic heterocycles. The van der Waals surface area contributed by atoms with Crippen molar-refractivity contribution in [2.45, 2.75) is 203 Å². The van der Waals surface area contributed by atoms with Gasteiger partial charge in [0.25, 0.3) is 11.8 Å². The average Bonchev–Trinajstić information content (AvgIpc) is 1.57. The van der Waals surface area contributed by atoms with Gasteiger partial charge in [-0.25, -0.2) is 51.4 Å². The van der Waals surface area contributed by atoms with E-state index in [0.29, 0.717) is 59.1 Å². The maximum atomic E-state index is 14.6. The van der Waals surface area contributed by atoms with Crippen molar-refractivity contribution in [2.75, 3.05) is 13.1 Å². The van der Waals surface area contributed by atoms with E-state index in [1.807, 2.05) is 167 Å². The van der Waals surface area contributed by atoms with Crippen molar-refractivity contribution in [3.8, 4) is 32.9 Å². The molecule has 6 aliphatic rings. The number of rotatable bonds is 21. The lowest BCUT2D eigenvalue weighted by molar-refractivity contribution is -0.142. The lowest BCUT2D eigenvalue weighted by Gasteiger charge is -2.36. The van der Waals surface area contributed by atoms with Crippen LogP contribution in [0.15, 0.2) is 114 Å². The Morgan fingerprint density at radius 3 is 1.30 bits per heavy atom. The molecular weight excluding hydrogens is 1510 g/mol. The van der Waals surface area contributed by atoms with Crippen LogP contribution in [-0.2, 0) is 53.6 Å². The number of nitrogens with two attached hydrogens (primary N) is 1. The van der Waals surface area contributed by atoms with Crippen LogP contribution in [0.1, 0.15) is 134 Å². The molecule has 0 unspecified atom stereocenters. The Balaban J connectivity index is 0.000000247. The first kappa shape index (κ1) is 85.1. The van der Waals surface area contributed by atoms with Gasteiger partial charge in [0.1, 0.15) is 52.8 Å². The minimum Gasteiger partial charge on any atom is -0.471 e. The summed E-state index contributed by atoms with van der Waals surface area (Å²) in [7, 11) is -7.75. The molecule has 2 saturated heterocycles. The Bertz CT molecular complexity index is 4670. The second-order valence-corrected chi connectivity index (χ2v) is 37.7. The third kappa shape index (κ3) is 20.1. The number of aliphatic imine (C=N–C) groups is 1. The van der Waals surface area contributed by atoms with Crippen LogP contribution in [0.2, 0.25) is 0 Å². The normalized spacial score (nSPS) is 22.9. The van der Waals surface area contributed by atoms with Crippen molar-refractivity contribution in [1.82, 2.24) is 60.4 Å². The lowest BCUT2D eigenvalue weighted by Crippen LogP contribution is -2.61. The van der Waals surface area contributed by atoms with Crippen LogP contribution in [-0.4, -0.2) is 176 Å². The van der Waals surface area contributed by atoms with E-state index in [2.05, 4.69) is 48.9 Å². The molecule has 6 fully saturated rings. The first-order valence-corrected chi connectivity index (χ1v) is 40.0. The molecule has 584 valence electrons. The van der Waals surface area contributed by atoms with Crippen LogP contribution in [0, 0.1) is 22.7 Å². The fraction of sp³-hybridized carbons (Fsp3) is 0.514. The number of nitrogens with zero attached hydrogens (tertiary/aromatic N) is 7. The molecule has 4 aliphatic carbocycles. The molecule has 0 bridgehead atoms. The molecule has 34 heteroatoms. The van der Waals surface area contributed by atoms with Crippen molar-refractivity contribution in [3.63, 3.8) is 0 Å². The van der Waals surface area contributed by atoms with Crippen LogP contribution in [0.5, 0.6) is 11.8 Å². The van der Waals surface area contributed by atoms with Gasteiger partial charge >= 0.3 is 6.03 Å². The number of nitrogens with one attached hydrogen (secondary N) is 6. The largest absolute Gasteiger partial charge is 0.471 e. The number of thiophene rings is 2. The van der Waals surface area contributed by atoms with Gasteiger partial charge in [-0.1, -0.05) is 90.1 Å². The Hall–Kier alpha value is -8.49. The number of fused-ring (bicyclic) bond motifs is 2. The van der Waals surface area contributed by atoms with Crippen LogP contribution in [0.25, 0.3) is 43.2 Å². The van der Waals surface area contributed by atoms with Gasteiger partial charge in [0.15, 0.2) is 0 Å². The summed E-state index contributed by atoms with van der Waals surface area (Å²) in [5.74, 6) is -4.37. The fourth-order valence-corrected chi connectivity index (χ4v) is 16.5. The molecule has 6 heterocycles. The highest BCUT2D eigenvalue weighted by atomic mass is 35.5. The number of isocyanates is 1. The summed E-state index contributed by atoms with van der Waals surface area (Å²) in [5.41, 5.74) is 4.78. The third-order valence-electron chi connectivity index (χ3n) is 18.8. The van der Waals surface area contributed by atoms with Gasteiger partial charge in [-0.05, 0) is 138 Å². The van der Waals surface area contributed by atoms with Crippen molar-refractivity contribution < 1.29 is 64.7 Å². The SMILES string of the molecule is C=C[C@@H]1C[C@]1(NC(=O)[C@@H]1C[C@@H](Oc2nc3ccccc3nc2-c2cccs2)CN1C(=O)[C@@H](N)C(C)(C)C)C(=O)NS(=O)(=O)C1CC1.C=C[C@@H]1C[C@]1(NC(=O)[C@@H]1C[C@@H](Oc2nc3ccccc3nc2-c2cccs2)CN1C(=O)[C@@H](NC(=O)NC(C)(C)C)C(C)(C)C)C(=O)NS(=O)(=O)C1CC1.CC(C)(C)N=C=O.Cl.Cl. The quantitative estimate of drug-likeness (QED) is 0.0201. The number of carbonyl (C=O) groups excluding carboxylic acids is 8. The summed E-state index contributed by atoms with van der Waals surface area (Å²) in [4.78, 5) is 133. The molecule has 0 spiro atoms. The molecule has 28 nitrogen and oxygen atoms in total. The Kier molecular flexibility index (Phi) is 26.0. The van der Waals surface area contributed by atoms with Crippen LogP contribution >= 0.6 is 47.5 Å². The minimum atomic E-state index is -3.90. The van der Waals surface area contributed by atoms with Crippen LogP contribution < -0.4 is 45.9 Å². The molecule has 2 aliphatic heterocycles. The van der Waals surface area contributed by atoms with Gasteiger partial charge in [-0.3, -0.25) is 38.2 Å². The Labute approximate surface area is 649 Å². The predicted octanol–water partition coefficient (Wildman–Crippen LogP) is 8.60. The standard InChI is InChI=1S/C37H47N7O7S2.C32H38N6O6S2.C5H9NO.2ClH/c1-8-21-19-37(21,33(47)43-53(49,50)23-15-16-23)41-30(45)26-18-22(20-44(26)32(46)29(35(2,3)4)40-34(48)42-36(5,6)7)51-31-28(27-14-11-17-52-27)38-24-12-9-10-13-25(24)39-31;1-5-18-16-32(18,30(41)37-46(42,43)20-12-13-20)36-27(39)23-15-19(17-38(23)29(40)26(33)31(2,3)4)44-28-25(24-11-8-14-45-24)34-21-9-6-7-10-22(21)35-28;1-5(2,3)6-4-7;;/h8-14,17,21-23,26,29H,1,15-16,18-20H2,2-7H3,(H,41,45)(H,43,47)(H2,40,42,48);5-11,14,18-20,23,26H,1,12-13,15-17,33H2,2-4H3,(H,36,39)(H,37,41);1-3H3;2*1H/t21-,22-,26+,29-,37-;18-,19-,23+,26-,32-;;;/m11.../s1. The van der Waals surface area contributed by atoms with E-state index in [9.17, 15) is 55.2 Å². The number of halogens is 2. The summed E-state index contributed by atoms with van der Waals surface area (Å²) in [6, 6.07) is 17.7. The van der Waals surface area contributed by atoms with Gasteiger partial charge in [0, 0.05) is 30.2 Å². The summed E-state index contributed by atoms with van der Waals surface area (Å²) >= 11 is 2.95. The Morgan fingerprint density at radius 1 is 0.602 bits per heavy atom. The highest BCUT2D eigenvalue weighted by molar-refractivity contribution is 7.91. The van der Waals surface area contributed by atoms with E-state index in [1.165, 1.54) is 50.7 Å². The van der Waals surface area contributed by atoms with Crippen molar-refractivity contribution in [1.29, 1.82) is 0 Å². The van der Waals surface area contributed by atoms with E-state index in [-0.39, 0.29) is 80.9 Å². The number of hydrogen-bond acceptors (Lipinski definition) is 22. The number of aromatic nitrogens is 4. The van der Waals surface area contributed by atoms with Gasteiger partial charge in [0.2, 0.25) is 61.5 Å². The molecule has 108 heavy (non-hydrogen) atoms. The molecule has 6 aromatic rings. The number of amides is 8. The molecule has 8 N–H and O–H groups in total. The fourth-order valence-electron chi connectivity index (χ4n) is 12.4. The number of para-hydroxylation sites is 4. The maximum absolute atomic E-state index is 14.6. The van der Waals surface area contributed by atoms with Gasteiger partial charge in [0.05, 0.1) is 67.0 Å². The first-order chi connectivity index (χ1) is 49.6. The highest BCUT2D eigenvalue weighted by Gasteiger charge is 2.64. The molecule has 12 rings (SSSR count). The van der Waals surface area contributed by atoms with E-state index in [4.69, 9.17) is 35.1 Å². The van der Waals surface area contributed by atoms with E-state index in [1.54, 1.807) is 0 Å². The number of benzene rings is 2. The number of hydrogen-bond donors (Lipinski definition) is 7. The number of likely N-dealkylation sites (tertiary alicyclic amines) is 2. The second-order valence-electron chi connectivity index (χ2n) is 31.9. The monoisotopic (exact) mass is 1600 g/mol. The molecule has 4 saturated carbocycles. The summed E-state index contributed by atoms with van der Waals surface area (Å²) in [6.45, 7) is 29.5. The lowest BCUT2D eigenvalue weighted by atomic mass is 9.85. The number of ether oxygens (including phenoxy) is 2. The zero-order valence-electron chi connectivity index (χ0n) is 62.4. The minimum absolute atomic E-state index is 0. The first-order valence-electron chi connectivity index (χ1n) is 35.1. The van der Waals surface area contributed by atoms with Gasteiger partial charge in [-0.2, -0.15) is 0 Å². The number of carbonyl (C=O) groups is 7. The topological polar surface area (TPSA) is 392 Å². The van der Waals surface area contributed by atoms with Crippen LogP contribution in [0.4, 0.5) is 4.79 Å². The maximum Gasteiger partial charge on any atom is 0.315 e. The highest BCUT2D eigenvalue weighted by Crippen LogP contribution is 2.48. The smallest absolute Gasteiger partial charge is 0.315 e. The summed E-state index contributed by atoms with van der Waals surface area (Å²) < 4.78 is 67.9. The molecule has 2 aromatic carbocycles. The molecule has 10 atom stereocenters. The molecular formula is C74H96Cl2N14O14S4. The van der Waals surface area contributed by atoms with E-state index in [0.717, 1.165) is 9.75 Å². The zero-order valence-corrected chi connectivity index (χ0v) is 67.3. The Morgan fingerprint density at radius 2 is 0.991 bits per heavy atom. The number of urea groups is 1. The van der Waals surface area contributed by atoms with Crippen molar-refractivity contribution in [3.05, 3.63) is 109 Å². The van der Waals surface area contributed by atoms with Gasteiger partial charge < -0.3 is 46.3 Å². The van der Waals surface area contributed by atoms with Crippen LogP contribution in [0.3, 0.4) is 0 Å². The van der Waals surface area contributed by atoms with E-state index < -0.39 is 148 Å².